The first-order valence-corrected chi connectivity index (χ1v) is 35.1. The summed E-state index contributed by atoms with van der Waals surface area (Å²) in [6, 6.07) is 0. The van der Waals surface area contributed by atoms with E-state index in [0.717, 1.165) is 51.4 Å². The number of carboxylic acid groups (broad SMARTS) is 1. The van der Waals surface area contributed by atoms with Crippen molar-refractivity contribution in [3.8, 4) is 0 Å². The topological polar surface area (TPSA) is 111 Å². The molecule has 2 atom stereocenters. The van der Waals surface area contributed by atoms with Gasteiger partial charge >= 0.3 is 11.9 Å². The molecule has 0 saturated heterocycles. The minimum absolute atomic E-state index is 0.136. The van der Waals surface area contributed by atoms with E-state index in [0.29, 0.717) is 23.9 Å². The number of hydrogen-bond acceptors (Lipinski definition) is 8. The molecule has 2 unspecified atom stereocenters. The number of nitrogens with zero attached hydrogens (tertiary/aromatic N) is 1. The van der Waals surface area contributed by atoms with Crippen molar-refractivity contribution in [1.29, 1.82) is 0 Å². The van der Waals surface area contributed by atoms with Crippen molar-refractivity contribution in [2.45, 2.75) is 334 Å². The lowest BCUT2D eigenvalue weighted by Gasteiger charge is -2.26. The highest BCUT2D eigenvalue weighted by atomic mass is 16.7. The van der Waals surface area contributed by atoms with Crippen LogP contribution in [-0.2, 0) is 33.3 Å². The number of carboxylic acids is 1. The molecule has 0 radical (unpaired) electrons. The van der Waals surface area contributed by atoms with E-state index in [9.17, 15) is 19.5 Å². The minimum Gasteiger partial charge on any atom is -0.545 e. The third kappa shape index (κ3) is 66.1. The molecule has 0 spiro atoms. The second-order valence-electron chi connectivity index (χ2n) is 24.8. The van der Waals surface area contributed by atoms with Gasteiger partial charge in [-0.25, -0.2) is 0 Å². The largest absolute Gasteiger partial charge is 0.545 e. The van der Waals surface area contributed by atoms with Gasteiger partial charge in [0.15, 0.2) is 12.4 Å². The highest BCUT2D eigenvalue weighted by molar-refractivity contribution is 5.70. The van der Waals surface area contributed by atoms with Gasteiger partial charge in [0.1, 0.15) is 13.2 Å². The molecule has 0 aliphatic heterocycles. The van der Waals surface area contributed by atoms with Gasteiger partial charge in [-0.3, -0.25) is 9.59 Å². The average molecular weight is 1160 g/mol. The van der Waals surface area contributed by atoms with Gasteiger partial charge in [-0.15, -0.1) is 0 Å². The van der Waals surface area contributed by atoms with Crippen molar-refractivity contribution in [3.63, 3.8) is 0 Å². The molecule has 9 nitrogen and oxygen atoms in total. The molecule has 83 heavy (non-hydrogen) atoms. The fourth-order valence-electron chi connectivity index (χ4n) is 10.1. The number of unbranched alkanes of at least 4 members (excludes halogenated alkanes) is 38. The molecule has 482 valence electrons. The van der Waals surface area contributed by atoms with Gasteiger partial charge in [-0.05, 0) is 77.0 Å². The van der Waals surface area contributed by atoms with E-state index in [-0.39, 0.29) is 38.6 Å². The first kappa shape index (κ1) is 79.7. The summed E-state index contributed by atoms with van der Waals surface area (Å²) in [5, 5.41) is 11.8. The van der Waals surface area contributed by atoms with Crippen molar-refractivity contribution in [2.24, 2.45) is 0 Å². The van der Waals surface area contributed by atoms with Crippen LogP contribution in [0.4, 0.5) is 0 Å². The van der Waals surface area contributed by atoms with Gasteiger partial charge in [0, 0.05) is 12.8 Å². The summed E-state index contributed by atoms with van der Waals surface area (Å²) in [5.74, 6) is -2.35. The Labute approximate surface area is 513 Å². The zero-order valence-corrected chi connectivity index (χ0v) is 55.1. The van der Waals surface area contributed by atoms with Crippen LogP contribution in [0.5, 0.6) is 0 Å². The molecule has 0 amide bonds. The fourth-order valence-corrected chi connectivity index (χ4v) is 10.1. The van der Waals surface area contributed by atoms with Crippen LogP contribution in [0.3, 0.4) is 0 Å². The third-order valence-corrected chi connectivity index (χ3v) is 15.4. The number of allylic oxidation sites excluding steroid dienone is 12. The molecule has 0 bridgehead atoms. The van der Waals surface area contributed by atoms with E-state index in [1.165, 1.54) is 231 Å². The highest BCUT2D eigenvalue weighted by Crippen LogP contribution is 2.18. The Morgan fingerprint density at radius 1 is 0.373 bits per heavy atom. The second kappa shape index (κ2) is 64.7. The van der Waals surface area contributed by atoms with Crippen LogP contribution in [0.2, 0.25) is 0 Å². The number of likely N-dealkylation sites (N-methyl/N-ethyl adjacent to an activating group) is 1. The van der Waals surface area contributed by atoms with Gasteiger partial charge in [-0.1, -0.05) is 305 Å². The fraction of sp³-hybridized carbons (Fsp3) is 0.797. The van der Waals surface area contributed by atoms with E-state index in [2.05, 4.69) is 86.8 Å². The quantitative estimate of drug-likeness (QED) is 0.0195. The van der Waals surface area contributed by atoms with Gasteiger partial charge in [0.05, 0.1) is 40.3 Å². The molecular formula is C74H133NO8. The Morgan fingerprint density at radius 3 is 1.07 bits per heavy atom. The monoisotopic (exact) mass is 1160 g/mol. The Kier molecular flexibility index (Phi) is 62.2. The molecule has 0 aromatic rings. The van der Waals surface area contributed by atoms with E-state index in [1.54, 1.807) is 0 Å². The Morgan fingerprint density at radius 2 is 0.699 bits per heavy atom. The summed E-state index contributed by atoms with van der Waals surface area (Å²) in [7, 11) is 5.91. The maximum atomic E-state index is 12.8. The van der Waals surface area contributed by atoms with Crippen LogP contribution in [0.1, 0.15) is 322 Å². The molecule has 0 rings (SSSR count). The summed E-state index contributed by atoms with van der Waals surface area (Å²) in [5.41, 5.74) is 0. The van der Waals surface area contributed by atoms with Crippen LogP contribution in [0.15, 0.2) is 72.9 Å². The Bertz CT molecular complexity index is 1590. The van der Waals surface area contributed by atoms with Gasteiger partial charge in [0.2, 0.25) is 0 Å². The number of carbonyl (C=O) groups is 3. The molecular weight excluding hydrogens is 1030 g/mol. The molecule has 0 saturated carbocycles. The van der Waals surface area contributed by atoms with Gasteiger partial charge < -0.3 is 33.3 Å². The number of aliphatic carboxylic acids is 1. The van der Waals surface area contributed by atoms with E-state index in [4.69, 9.17) is 18.9 Å². The second-order valence-corrected chi connectivity index (χ2v) is 24.8. The Balaban J connectivity index is 3.94. The van der Waals surface area contributed by atoms with Crippen LogP contribution < -0.4 is 5.11 Å². The molecule has 0 heterocycles. The van der Waals surface area contributed by atoms with Crippen LogP contribution in [-0.4, -0.2) is 82.3 Å². The average Bonchev–Trinajstić information content (AvgIpc) is 3.46. The summed E-state index contributed by atoms with van der Waals surface area (Å²) >= 11 is 0. The first-order chi connectivity index (χ1) is 40.6. The summed E-state index contributed by atoms with van der Waals surface area (Å²) in [6.45, 7) is 4.59. The lowest BCUT2D eigenvalue weighted by atomic mass is 10.0. The predicted molar refractivity (Wildman–Crippen MR) is 352 cm³/mol. The standard InChI is InChI=1S/C74H133NO8/c1-6-8-10-12-14-16-18-20-22-24-25-26-27-28-29-30-31-32-33-34-35-36-37-38-39-40-41-42-43-44-45-46-47-49-50-52-54-56-58-60-62-64-71(76)81-68-70(69-82-74(73(78)79)80-67-66-75(3,4)5)83-72(77)65-63-61-59-57-55-53-51-48-23-21-19-17-15-13-11-9-7-2/h9,11,15,17,21,23-25,51,53,57,59,70,74H,6-8,10,12-14,16,18-20,22,26-50,52,54-56,58,60-69H2,1-5H3/b11-9-,17-15-,23-21-,25-24-,53-51-,59-57-. The molecule has 0 aliphatic carbocycles. The molecule has 0 aromatic heterocycles. The van der Waals surface area contributed by atoms with Crippen LogP contribution >= 0.6 is 0 Å². The maximum Gasteiger partial charge on any atom is 0.306 e. The zero-order valence-electron chi connectivity index (χ0n) is 55.1. The van der Waals surface area contributed by atoms with Crippen molar-refractivity contribution in [2.75, 3.05) is 47.5 Å². The van der Waals surface area contributed by atoms with Gasteiger partial charge in [-0.2, -0.15) is 0 Å². The summed E-state index contributed by atoms with van der Waals surface area (Å²) in [6.07, 6.45) is 83.2. The van der Waals surface area contributed by atoms with Crippen molar-refractivity contribution in [3.05, 3.63) is 72.9 Å². The predicted octanol–water partition coefficient (Wildman–Crippen LogP) is 20.4. The smallest absolute Gasteiger partial charge is 0.306 e. The number of rotatable bonds is 65. The number of quaternary nitrogens is 1. The molecule has 9 heteroatoms. The van der Waals surface area contributed by atoms with Crippen molar-refractivity contribution in [1.82, 2.24) is 0 Å². The number of hydrogen-bond donors (Lipinski definition) is 0. The molecule has 0 aromatic carbocycles. The van der Waals surface area contributed by atoms with Crippen LogP contribution in [0, 0.1) is 0 Å². The Hall–Kier alpha value is -3.27. The number of carbonyl (C=O) groups excluding carboxylic acids is 3. The van der Waals surface area contributed by atoms with Crippen molar-refractivity contribution >= 4 is 17.9 Å². The first-order valence-electron chi connectivity index (χ1n) is 35.1. The lowest BCUT2D eigenvalue weighted by molar-refractivity contribution is -0.870. The van der Waals surface area contributed by atoms with Crippen LogP contribution in [0.25, 0.3) is 0 Å². The number of ether oxygens (including phenoxy) is 4. The zero-order chi connectivity index (χ0) is 60.5. The van der Waals surface area contributed by atoms with Gasteiger partial charge in [0.25, 0.3) is 0 Å². The molecule has 0 fully saturated rings. The molecule has 0 N–H and O–H groups in total. The van der Waals surface area contributed by atoms with E-state index < -0.39 is 24.3 Å². The summed E-state index contributed by atoms with van der Waals surface area (Å²) < 4.78 is 22.7. The lowest BCUT2D eigenvalue weighted by Crippen LogP contribution is -2.44. The third-order valence-electron chi connectivity index (χ3n) is 15.4. The highest BCUT2D eigenvalue weighted by Gasteiger charge is 2.22. The normalized spacial score (nSPS) is 13.1. The minimum atomic E-state index is -1.64. The SMILES string of the molecule is CC/C=C\C/C=C\C/C=C\C/C=C\C/C=C\CCCC(=O)OC(COC(=O)CCCCCCCCCCCCCCCCCCCCCCCCCCCCCCC/C=C\CCCCCCCCCC)COC(OCC[N+](C)(C)C)C(=O)[O-]. The summed E-state index contributed by atoms with van der Waals surface area (Å²) in [4.78, 5) is 37.3. The van der Waals surface area contributed by atoms with Crippen molar-refractivity contribution < 1.29 is 42.9 Å². The van der Waals surface area contributed by atoms with E-state index >= 15 is 0 Å². The van der Waals surface area contributed by atoms with E-state index in [1.807, 2.05) is 21.1 Å². The molecule has 0 aliphatic rings. The number of esters is 2. The maximum absolute atomic E-state index is 12.8.